The van der Waals surface area contributed by atoms with Gasteiger partial charge in [0.25, 0.3) is 0 Å². The maximum Gasteiger partial charge on any atom is 0.422 e. The summed E-state index contributed by atoms with van der Waals surface area (Å²) in [6.07, 6.45) is 11.7. The van der Waals surface area contributed by atoms with Gasteiger partial charge in [0.2, 0.25) is 5.91 Å². The summed E-state index contributed by atoms with van der Waals surface area (Å²) in [5.74, 6) is -0.0327. The van der Waals surface area contributed by atoms with Gasteiger partial charge in [-0.2, -0.15) is 4.90 Å². The number of carbonyl (C=O) groups excluding carboxylic acids is 2. The lowest BCUT2D eigenvalue weighted by Gasteiger charge is -2.12. The Kier molecular flexibility index (Phi) is 10.5. The molecule has 4 nitrogen and oxygen atoms in total. The number of thioether (sulfide) groups is 1. The van der Waals surface area contributed by atoms with E-state index in [1.54, 1.807) is 0 Å². The molecule has 1 aliphatic rings. The summed E-state index contributed by atoms with van der Waals surface area (Å²) in [5, 5.41) is 0. The van der Waals surface area contributed by atoms with E-state index in [0.29, 0.717) is 10.9 Å². The minimum Gasteiger partial charge on any atom is -0.449 e. The van der Waals surface area contributed by atoms with Crippen LogP contribution in [-0.2, 0) is 9.53 Å². The number of amides is 2. The van der Waals surface area contributed by atoms with Gasteiger partial charge in [-0.05, 0) is 6.42 Å². The predicted octanol–water partition coefficient (Wildman–Crippen LogP) is 4.90. The van der Waals surface area contributed by atoms with E-state index < -0.39 is 6.09 Å². The van der Waals surface area contributed by atoms with Crippen molar-refractivity contribution in [1.82, 2.24) is 4.90 Å². The second kappa shape index (κ2) is 11.9. The zero-order chi connectivity index (χ0) is 16.2. The first-order valence-corrected chi connectivity index (χ1v) is 9.72. The molecule has 1 rings (SSSR count). The van der Waals surface area contributed by atoms with E-state index in [1.165, 1.54) is 63.1 Å². The van der Waals surface area contributed by atoms with Crippen molar-refractivity contribution in [2.45, 2.75) is 71.1 Å². The molecule has 0 radical (unpaired) electrons. The van der Waals surface area contributed by atoms with Gasteiger partial charge in [-0.1, -0.05) is 88.7 Å². The molecule has 1 fully saturated rings. The molecule has 0 unspecified atom stereocenters. The van der Waals surface area contributed by atoms with Crippen LogP contribution in [0.15, 0.2) is 0 Å². The van der Waals surface area contributed by atoms with Crippen LogP contribution in [0.2, 0.25) is 0 Å². The molecule has 0 spiro atoms. The van der Waals surface area contributed by atoms with Gasteiger partial charge in [-0.3, -0.25) is 4.79 Å². The van der Waals surface area contributed by atoms with E-state index in [0.717, 1.165) is 17.7 Å². The monoisotopic (exact) mass is 345 g/mol. The fourth-order valence-corrected chi connectivity index (χ4v) is 3.38. The van der Waals surface area contributed by atoms with E-state index in [-0.39, 0.29) is 11.7 Å². The van der Waals surface area contributed by atoms with Gasteiger partial charge in [0.15, 0.2) is 4.32 Å². The summed E-state index contributed by atoms with van der Waals surface area (Å²) < 4.78 is 5.41. The molecule has 1 heterocycles. The average Bonchev–Trinajstić information content (AvgIpc) is 2.83. The Morgan fingerprint density at radius 2 is 1.64 bits per heavy atom. The third kappa shape index (κ3) is 7.58. The maximum absolute atomic E-state index is 11.7. The van der Waals surface area contributed by atoms with Crippen molar-refractivity contribution in [3.05, 3.63) is 0 Å². The Hall–Kier alpha value is -0.620. The van der Waals surface area contributed by atoms with Crippen LogP contribution in [0.1, 0.15) is 71.1 Å². The molecule has 0 aromatic carbocycles. The van der Waals surface area contributed by atoms with Gasteiger partial charge in [-0.15, -0.1) is 0 Å². The lowest BCUT2D eigenvalue weighted by atomic mass is 10.1. The zero-order valence-electron chi connectivity index (χ0n) is 13.5. The highest BCUT2D eigenvalue weighted by atomic mass is 32.2. The molecule has 22 heavy (non-hydrogen) atoms. The van der Waals surface area contributed by atoms with E-state index in [2.05, 4.69) is 6.92 Å². The molecular formula is C16H27NO3S2. The first-order chi connectivity index (χ1) is 10.7. The molecule has 1 aliphatic heterocycles. The third-order valence-corrected chi connectivity index (χ3v) is 5.01. The zero-order valence-corrected chi connectivity index (χ0v) is 15.1. The van der Waals surface area contributed by atoms with Crippen LogP contribution in [-0.4, -0.2) is 33.6 Å². The summed E-state index contributed by atoms with van der Waals surface area (Å²) in [6, 6.07) is 0. The summed E-state index contributed by atoms with van der Waals surface area (Å²) >= 11 is 6.16. The number of carbonyl (C=O) groups is 2. The van der Waals surface area contributed by atoms with Crippen LogP contribution in [0.3, 0.4) is 0 Å². The lowest BCUT2D eigenvalue weighted by Crippen LogP contribution is -2.35. The number of nitrogens with zero attached hydrogens (tertiary/aromatic N) is 1. The van der Waals surface area contributed by atoms with Gasteiger partial charge < -0.3 is 4.74 Å². The second-order valence-corrected chi connectivity index (χ2v) is 7.19. The van der Waals surface area contributed by atoms with E-state index in [9.17, 15) is 9.59 Å². The largest absolute Gasteiger partial charge is 0.449 e. The Bertz CT molecular complexity index is 358. The minimum atomic E-state index is -0.615. The summed E-state index contributed by atoms with van der Waals surface area (Å²) in [7, 11) is 0. The first kappa shape index (κ1) is 19.4. The molecule has 0 aliphatic carbocycles. The van der Waals surface area contributed by atoms with E-state index >= 15 is 0 Å². The van der Waals surface area contributed by atoms with Crippen molar-refractivity contribution in [3.63, 3.8) is 0 Å². The van der Waals surface area contributed by atoms with Crippen LogP contribution in [0.25, 0.3) is 0 Å². The Labute approximate surface area is 143 Å². The smallest absolute Gasteiger partial charge is 0.422 e. The van der Waals surface area contributed by atoms with Gasteiger partial charge in [0.05, 0.1) is 12.4 Å². The Morgan fingerprint density at radius 3 is 2.14 bits per heavy atom. The van der Waals surface area contributed by atoms with Crippen molar-refractivity contribution in [2.75, 3.05) is 12.4 Å². The van der Waals surface area contributed by atoms with Crippen LogP contribution < -0.4 is 0 Å². The van der Waals surface area contributed by atoms with Gasteiger partial charge in [0, 0.05) is 0 Å². The molecule has 0 N–H and O–H groups in total. The highest BCUT2D eigenvalue weighted by Gasteiger charge is 2.33. The predicted molar refractivity (Wildman–Crippen MR) is 95.1 cm³/mol. The third-order valence-electron chi connectivity index (χ3n) is 3.66. The maximum atomic E-state index is 11.7. The molecule has 0 saturated carbocycles. The minimum absolute atomic E-state index is 0.242. The SMILES string of the molecule is CCCCCCCCCCCCOC(=O)N1C(=O)CSC1=S. The van der Waals surface area contributed by atoms with E-state index in [4.69, 9.17) is 17.0 Å². The number of ether oxygens (including phenoxy) is 1. The number of hydrogen-bond donors (Lipinski definition) is 0. The van der Waals surface area contributed by atoms with Crippen molar-refractivity contribution in [3.8, 4) is 0 Å². The van der Waals surface area contributed by atoms with E-state index in [1.807, 2.05) is 0 Å². The number of rotatable bonds is 11. The fourth-order valence-electron chi connectivity index (χ4n) is 2.34. The topological polar surface area (TPSA) is 46.6 Å². The molecule has 2 amide bonds. The molecular weight excluding hydrogens is 318 g/mol. The number of imide groups is 1. The molecule has 6 heteroatoms. The quantitative estimate of drug-likeness (QED) is 0.393. The molecule has 0 bridgehead atoms. The molecule has 0 aromatic rings. The summed E-state index contributed by atoms with van der Waals surface area (Å²) in [5.41, 5.74) is 0. The summed E-state index contributed by atoms with van der Waals surface area (Å²) in [6.45, 7) is 2.60. The van der Waals surface area contributed by atoms with Crippen LogP contribution in [0, 0.1) is 0 Å². The van der Waals surface area contributed by atoms with Crippen molar-refractivity contribution >= 4 is 40.3 Å². The van der Waals surface area contributed by atoms with Gasteiger partial charge >= 0.3 is 6.09 Å². The molecule has 1 saturated heterocycles. The van der Waals surface area contributed by atoms with Gasteiger partial charge in [0.1, 0.15) is 0 Å². The lowest BCUT2D eigenvalue weighted by molar-refractivity contribution is -0.122. The standard InChI is InChI=1S/C16H27NO3S2/c1-2-3-4-5-6-7-8-9-10-11-12-20-15(19)17-14(18)13-22-16(17)21/h2-13H2,1H3. The first-order valence-electron chi connectivity index (χ1n) is 8.33. The fraction of sp³-hybridized carbons (Fsp3) is 0.812. The highest BCUT2D eigenvalue weighted by Crippen LogP contribution is 2.20. The Balaban J connectivity index is 1.92. The number of hydrogen-bond acceptors (Lipinski definition) is 5. The Morgan fingerprint density at radius 1 is 1.09 bits per heavy atom. The molecule has 0 atom stereocenters. The summed E-state index contributed by atoms with van der Waals surface area (Å²) in [4.78, 5) is 24.1. The van der Waals surface area contributed by atoms with Crippen molar-refractivity contribution in [2.24, 2.45) is 0 Å². The van der Waals surface area contributed by atoms with Crippen molar-refractivity contribution < 1.29 is 14.3 Å². The average molecular weight is 346 g/mol. The normalized spacial score (nSPS) is 14.7. The number of thiocarbonyl (C=S) groups is 1. The van der Waals surface area contributed by atoms with Crippen LogP contribution >= 0.6 is 24.0 Å². The number of unbranched alkanes of at least 4 members (excludes halogenated alkanes) is 9. The van der Waals surface area contributed by atoms with Crippen LogP contribution in [0.5, 0.6) is 0 Å². The molecule has 126 valence electrons. The second-order valence-electron chi connectivity index (χ2n) is 5.58. The molecule has 0 aromatic heterocycles. The van der Waals surface area contributed by atoms with Gasteiger partial charge in [-0.25, -0.2) is 4.79 Å². The van der Waals surface area contributed by atoms with Crippen molar-refractivity contribution in [1.29, 1.82) is 0 Å². The highest BCUT2D eigenvalue weighted by molar-refractivity contribution is 8.24. The van der Waals surface area contributed by atoms with Crippen LogP contribution in [0.4, 0.5) is 4.79 Å².